The van der Waals surface area contributed by atoms with E-state index >= 15 is 0 Å². The highest BCUT2D eigenvalue weighted by Crippen LogP contribution is 2.22. The fourth-order valence-corrected chi connectivity index (χ4v) is 1.12. The van der Waals surface area contributed by atoms with Gasteiger partial charge in [-0.25, -0.2) is 0 Å². The SMILES string of the molecule is NCC(O)C(O)c1ccccc1N. The van der Waals surface area contributed by atoms with Crippen molar-refractivity contribution in [3.63, 3.8) is 0 Å². The Hall–Kier alpha value is -1.10. The molecule has 0 radical (unpaired) electrons. The maximum atomic E-state index is 9.56. The third-order valence-corrected chi connectivity index (χ3v) is 1.92. The second-order valence-corrected chi connectivity index (χ2v) is 2.88. The summed E-state index contributed by atoms with van der Waals surface area (Å²) in [6.07, 6.45) is -1.98. The lowest BCUT2D eigenvalue weighted by Gasteiger charge is -2.17. The van der Waals surface area contributed by atoms with Gasteiger partial charge in [-0.05, 0) is 6.07 Å². The molecule has 0 bridgehead atoms. The minimum Gasteiger partial charge on any atom is -0.398 e. The highest BCUT2D eigenvalue weighted by Gasteiger charge is 2.18. The quantitative estimate of drug-likeness (QED) is 0.479. The average molecular weight is 182 g/mol. The van der Waals surface area contributed by atoms with Gasteiger partial charge in [0, 0.05) is 17.8 Å². The molecule has 0 amide bonds. The molecule has 0 aliphatic carbocycles. The number of anilines is 1. The molecule has 0 saturated carbocycles. The predicted octanol–water partition coefficient (Wildman–Crippen LogP) is -0.378. The summed E-state index contributed by atoms with van der Waals surface area (Å²) in [5.74, 6) is 0. The molecule has 0 aromatic heterocycles. The average Bonchev–Trinajstić information content (AvgIpc) is 2.16. The fraction of sp³-hybridized carbons (Fsp3) is 0.333. The second kappa shape index (κ2) is 4.23. The third kappa shape index (κ3) is 2.18. The topological polar surface area (TPSA) is 92.5 Å². The maximum absolute atomic E-state index is 9.56. The molecule has 2 unspecified atom stereocenters. The van der Waals surface area contributed by atoms with Crippen molar-refractivity contribution < 1.29 is 10.2 Å². The molecule has 13 heavy (non-hydrogen) atoms. The number of rotatable bonds is 3. The summed E-state index contributed by atoms with van der Waals surface area (Å²) < 4.78 is 0. The van der Waals surface area contributed by atoms with E-state index in [-0.39, 0.29) is 6.54 Å². The van der Waals surface area contributed by atoms with Crippen molar-refractivity contribution >= 4 is 5.69 Å². The van der Waals surface area contributed by atoms with Crippen molar-refractivity contribution in [3.8, 4) is 0 Å². The van der Waals surface area contributed by atoms with Gasteiger partial charge in [-0.15, -0.1) is 0 Å². The summed E-state index contributed by atoms with van der Waals surface area (Å²) in [6, 6.07) is 6.85. The van der Waals surface area contributed by atoms with Crippen LogP contribution in [0.25, 0.3) is 0 Å². The molecule has 1 aromatic carbocycles. The Balaban J connectivity index is 2.88. The number of hydrogen-bond acceptors (Lipinski definition) is 4. The lowest BCUT2D eigenvalue weighted by molar-refractivity contribution is 0.0248. The van der Waals surface area contributed by atoms with Gasteiger partial charge < -0.3 is 21.7 Å². The van der Waals surface area contributed by atoms with Crippen molar-refractivity contribution in [1.29, 1.82) is 0 Å². The van der Waals surface area contributed by atoms with Crippen LogP contribution in [0.15, 0.2) is 24.3 Å². The van der Waals surface area contributed by atoms with Crippen LogP contribution in [0.5, 0.6) is 0 Å². The maximum Gasteiger partial charge on any atom is 0.108 e. The Kier molecular flexibility index (Phi) is 3.25. The van der Waals surface area contributed by atoms with Crippen LogP contribution in [0.2, 0.25) is 0 Å². The van der Waals surface area contributed by atoms with Crippen molar-refractivity contribution in [2.75, 3.05) is 12.3 Å². The molecule has 4 nitrogen and oxygen atoms in total. The van der Waals surface area contributed by atoms with Crippen molar-refractivity contribution in [1.82, 2.24) is 0 Å². The normalized spacial score (nSPS) is 15.3. The molecule has 0 fully saturated rings. The summed E-state index contributed by atoms with van der Waals surface area (Å²) in [4.78, 5) is 0. The predicted molar refractivity (Wildman–Crippen MR) is 50.9 cm³/mol. The Morgan fingerprint density at radius 1 is 1.23 bits per heavy atom. The van der Waals surface area contributed by atoms with Crippen molar-refractivity contribution in [3.05, 3.63) is 29.8 Å². The smallest absolute Gasteiger partial charge is 0.108 e. The summed E-state index contributed by atoms with van der Waals surface area (Å²) in [5.41, 5.74) is 11.8. The van der Waals surface area contributed by atoms with Gasteiger partial charge in [-0.1, -0.05) is 18.2 Å². The number of aliphatic hydroxyl groups is 2. The van der Waals surface area contributed by atoms with Crippen LogP contribution >= 0.6 is 0 Å². The lowest BCUT2D eigenvalue weighted by Crippen LogP contribution is -2.27. The van der Waals surface area contributed by atoms with Gasteiger partial charge in [0.15, 0.2) is 0 Å². The van der Waals surface area contributed by atoms with E-state index in [2.05, 4.69) is 0 Å². The molecule has 0 aliphatic rings. The molecule has 0 saturated heterocycles. The van der Waals surface area contributed by atoms with Gasteiger partial charge in [0.1, 0.15) is 6.10 Å². The molecule has 2 atom stereocenters. The van der Waals surface area contributed by atoms with E-state index < -0.39 is 12.2 Å². The number of para-hydroxylation sites is 1. The molecule has 0 heterocycles. The molecular formula is C9H14N2O2. The van der Waals surface area contributed by atoms with E-state index in [0.29, 0.717) is 11.3 Å². The minimum absolute atomic E-state index is 0.00943. The first-order valence-corrected chi connectivity index (χ1v) is 4.07. The summed E-state index contributed by atoms with van der Waals surface area (Å²) in [7, 11) is 0. The van der Waals surface area contributed by atoms with E-state index in [1.54, 1.807) is 24.3 Å². The van der Waals surface area contributed by atoms with Crippen LogP contribution in [0.1, 0.15) is 11.7 Å². The Morgan fingerprint density at radius 2 is 1.85 bits per heavy atom. The van der Waals surface area contributed by atoms with Gasteiger partial charge in [0.25, 0.3) is 0 Å². The van der Waals surface area contributed by atoms with E-state index in [9.17, 15) is 10.2 Å². The highest BCUT2D eigenvalue weighted by atomic mass is 16.3. The largest absolute Gasteiger partial charge is 0.398 e. The first kappa shape index (κ1) is 9.98. The zero-order valence-electron chi connectivity index (χ0n) is 7.22. The summed E-state index contributed by atoms with van der Waals surface area (Å²) in [5, 5.41) is 18.8. The van der Waals surface area contributed by atoms with Crippen molar-refractivity contribution in [2.45, 2.75) is 12.2 Å². The van der Waals surface area contributed by atoms with E-state index in [1.807, 2.05) is 0 Å². The molecule has 0 spiro atoms. The number of aliphatic hydroxyl groups excluding tert-OH is 2. The number of hydrogen-bond donors (Lipinski definition) is 4. The van der Waals surface area contributed by atoms with E-state index in [0.717, 1.165) is 0 Å². The molecule has 72 valence electrons. The number of benzene rings is 1. The van der Waals surface area contributed by atoms with Crippen LogP contribution in [0.3, 0.4) is 0 Å². The Labute approximate surface area is 76.8 Å². The second-order valence-electron chi connectivity index (χ2n) is 2.88. The van der Waals surface area contributed by atoms with Crippen molar-refractivity contribution in [2.24, 2.45) is 5.73 Å². The van der Waals surface area contributed by atoms with Gasteiger partial charge in [-0.3, -0.25) is 0 Å². The van der Waals surface area contributed by atoms with Gasteiger partial charge in [0.05, 0.1) is 6.10 Å². The minimum atomic E-state index is -1.01. The Bertz CT molecular complexity index is 278. The molecule has 4 heteroatoms. The third-order valence-electron chi connectivity index (χ3n) is 1.92. The zero-order valence-corrected chi connectivity index (χ0v) is 7.22. The zero-order chi connectivity index (χ0) is 9.84. The standard InChI is InChI=1S/C9H14N2O2/c10-5-8(12)9(13)6-3-1-2-4-7(6)11/h1-4,8-9,12-13H,5,10-11H2. The first-order chi connectivity index (χ1) is 6.16. The molecule has 1 aromatic rings. The molecule has 1 rings (SSSR count). The molecular weight excluding hydrogens is 168 g/mol. The van der Waals surface area contributed by atoms with E-state index in [4.69, 9.17) is 11.5 Å². The monoisotopic (exact) mass is 182 g/mol. The van der Waals surface area contributed by atoms with Crippen LogP contribution < -0.4 is 11.5 Å². The van der Waals surface area contributed by atoms with Gasteiger partial charge in [0.2, 0.25) is 0 Å². The highest BCUT2D eigenvalue weighted by molar-refractivity contribution is 5.47. The summed E-state index contributed by atoms with van der Waals surface area (Å²) >= 11 is 0. The van der Waals surface area contributed by atoms with E-state index in [1.165, 1.54) is 0 Å². The fourth-order valence-electron chi connectivity index (χ4n) is 1.12. The van der Waals surface area contributed by atoms with Crippen LogP contribution in [0, 0.1) is 0 Å². The first-order valence-electron chi connectivity index (χ1n) is 4.07. The number of nitrogens with two attached hydrogens (primary N) is 2. The van der Waals surface area contributed by atoms with Crippen LogP contribution in [-0.4, -0.2) is 22.9 Å². The Morgan fingerprint density at radius 3 is 2.38 bits per heavy atom. The summed E-state index contributed by atoms with van der Waals surface area (Å²) in [6.45, 7) is 0.00943. The van der Waals surface area contributed by atoms with Crippen LogP contribution in [-0.2, 0) is 0 Å². The van der Waals surface area contributed by atoms with Gasteiger partial charge in [-0.2, -0.15) is 0 Å². The molecule has 0 aliphatic heterocycles. The van der Waals surface area contributed by atoms with Crippen LogP contribution in [0.4, 0.5) is 5.69 Å². The van der Waals surface area contributed by atoms with Gasteiger partial charge >= 0.3 is 0 Å². The lowest BCUT2D eigenvalue weighted by atomic mass is 10.0. The number of nitrogen functional groups attached to an aromatic ring is 1. The molecule has 6 N–H and O–H groups in total.